The van der Waals surface area contributed by atoms with Crippen molar-refractivity contribution < 1.29 is 19.1 Å². The smallest absolute Gasteiger partial charge is 0.311 e. The van der Waals surface area contributed by atoms with Crippen molar-refractivity contribution >= 4 is 11.9 Å². The molecule has 0 unspecified atom stereocenters. The molecule has 0 fully saturated rings. The van der Waals surface area contributed by atoms with E-state index in [9.17, 15) is 9.59 Å². The van der Waals surface area contributed by atoms with Gasteiger partial charge in [0.1, 0.15) is 0 Å². The highest BCUT2D eigenvalue weighted by Gasteiger charge is 2.07. The minimum Gasteiger partial charge on any atom is -0.469 e. The minimum absolute atomic E-state index is 0.0273. The number of hydrogen-bond acceptors (Lipinski definition) is 4. The van der Waals surface area contributed by atoms with E-state index in [1.165, 1.54) is 24.5 Å². The van der Waals surface area contributed by atoms with Gasteiger partial charge < -0.3 is 9.47 Å². The summed E-state index contributed by atoms with van der Waals surface area (Å²) in [6.07, 6.45) is 2.25. The average molecular weight is 304 g/mol. The maximum absolute atomic E-state index is 11.5. The third kappa shape index (κ3) is 6.57. The Hall–Kier alpha value is -2.10. The number of allylic oxidation sites excluding steroid dienone is 1. The van der Waals surface area contributed by atoms with E-state index < -0.39 is 11.9 Å². The maximum Gasteiger partial charge on any atom is 0.311 e. The first-order valence-electron chi connectivity index (χ1n) is 7.43. The molecule has 1 aromatic carbocycles. The predicted molar refractivity (Wildman–Crippen MR) is 85.3 cm³/mol. The van der Waals surface area contributed by atoms with Crippen molar-refractivity contribution in [3.8, 4) is 0 Å². The highest BCUT2D eigenvalue weighted by atomic mass is 16.5. The Morgan fingerprint density at radius 2 is 1.68 bits per heavy atom. The molecule has 0 N–H and O–H groups in total. The lowest BCUT2D eigenvalue weighted by molar-refractivity contribution is -0.146. The van der Waals surface area contributed by atoms with Crippen LogP contribution in [-0.2, 0) is 25.5 Å². The van der Waals surface area contributed by atoms with E-state index in [0.717, 1.165) is 12.0 Å². The van der Waals surface area contributed by atoms with Crippen molar-refractivity contribution in [2.45, 2.75) is 46.0 Å². The van der Waals surface area contributed by atoms with Crippen molar-refractivity contribution in [1.82, 2.24) is 0 Å². The van der Waals surface area contributed by atoms with E-state index in [1.807, 2.05) is 6.92 Å². The van der Waals surface area contributed by atoms with Crippen molar-refractivity contribution in [2.75, 3.05) is 7.11 Å². The van der Waals surface area contributed by atoms with Gasteiger partial charge >= 0.3 is 11.9 Å². The van der Waals surface area contributed by atoms with E-state index in [0.29, 0.717) is 5.92 Å². The fourth-order valence-electron chi connectivity index (χ4n) is 1.92. The predicted octanol–water partition coefficient (Wildman–Crippen LogP) is 3.75. The van der Waals surface area contributed by atoms with Gasteiger partial charge in [-0.2, -0.15) is 0 Å². The van der Waals surface area contributed by atoms with Crippen LogP contribution in [-0.4, -0.2) is 19.0 Å². The van der Waals surface area contributed by atoms with Gasteiger partial charge in [0.25, 0.3) is 0 Å². The number of methoxy groups -OCH3 is 1. The summed E-state index contributed by atoms with van der Waals surface area (Å²) in [5.74, 6) is -0.329. The molecule has 4 nitrogen and oxygen atoms in total. The molecule has 0 atom stereocenters. The van der Waals surface area contributed by atoms with Crippen LogP contribution in [0.1, 0.15) is 50.7 Å². The molecule has 120 valence electrons. The molecule has 0 aliphatic rings. The second-order valence-electron chi connectivity index (χ2n) is 5.60. The van der Waals surface area contributed by atoms with Gasteiger partial charge in [-0.15, -0.1) is 0 Å². The van der Waals surface area contributed by atoms with Crippen LogP contribution in [0.5, 0.6) is 0 Å². The quantitative estimate of drug-likeness (QED) is 0.568. The van der Waals surface area contributed by atoms with Crippen LogP contribution < -0.4 is 0 Å². The second-order valence-corrected chi connectivity index (χ2v) is 5.60. The lowest BCUT2D eigenvalue weighted by atomic mass is 9.99. The number of rotatable bonds is 7. The molecular formula is C18H24O4. The lowest BCUT2D eigenvalue weighted by Crippen LogP contribution is -2.06. The molecular weight excluding hydrogens is 280 g/mol. The molecule has 1 rings (SSSR count). The Bertz CT molecular complexity index is 527. The average Bonchev–Trinajstić information content (AvgIpc) is 2.51. The van der Waals surface area contributed by atoms with Crippen molar-refractivity contribution in [1.29, 1.82) is 0 Å². The summed E-state index contributed by atoms with van der Waals surface area (Å²) < 4.78 is 9.49. The van der Waals surface area contributed by atoms with Crippen molar-refractivity contribution in [3.05, 3.63) is 47.2 Å². The van der Waals surface area contributed by atoms with Crippen LogP contribution >= 0.6 is 0 Å². The lowest BCUT2D eigenvalue weighted by Gasteiger charge is -2.07. The molecule has 0 saturated heterocycles. The molecule has 0 spiro atoms. The highest BCUT2D eigenvalue weighted by Crippen LogP contribution is 2.16. The molecule has 0 aromatic heterocycles. The Labute approximate surface area is 132 Å². The first-order valence-corrected chi connectivity index (χ1v) is 7.43. The molecule has 0 amide bonds. The summed E-state index contributed by atoms with van der Waals surface area (Å²) in [6.45, 7) is 6.23. The highest BCUT2D eigenvalue weighted by molar-refractivity contribution is 5.77. The summed E-state index contributed by atoms with van der Waals surface area (Å²) in [7, 11) is 1.29. The standard InChI is InChI=1S/C18H24O4/c1-13(2)16-7-5-15(6-8-16)11-14(3)12-22-18(20)10-9-17(19)21-4/h5-8,12-13H,9-11H2,1-4H3/b14-12+. The molecule has 0 heterocycles. The number of carbonyl (C=O) groups is 2. The maximum atomic E-state index is 11.5. The van der Waals surface area contributed by atoms with Crippen molar-refractivity contribution in [3.63, 3.8) is 0 Å². The van der Waals surface area contributed by atoms with E-state index in [1.54, 1.807) is 0 Å². The van der Waals surface area contributed by atoms with Crippen LogP contribution in [0, 0.1) is 0 Å². The van der Waals surface area contributed by atoms with Crippen LogP contribution in [0.2, 0.25) is 0 Å². The van der Waals surface area contributed by atoms with E-state index in [-0.39, 0.29) is 12.8 Å². The molecule has 1 aromatic rings. The topological polar surface area (TPSA) is 52.6 Å². The third-order valence-corrected chi connectivity index (χ3v) is 3.28. The Morgan fingerprint density at radius 1 is 1.09 bits per heavy atom. The number of esters is 2. The van der Waals surface area contributed by atoms with Gasteiger partial charge in [-0.3, -0.25) is 9.59 Å². The van der Waals surface area contributed by atoms with Gasteiger partial charge in [0.15, 0.2) is 0 Å². The third-order valence-electron chi connectivity index (χ3n) is 3.28. The summed E-state index contributed by atoms with van der Waals surface area (Å²) in [5.41, 5.74) is 3.42. The monoisotopic (exact) mass is 304 g/mol. The van der Waals surface area contributed by atoms with Gasteiger partial charge in [0.2, 0.25) is 0 Å². The zero-order valence-corrected chi connectivity index (χ0v) is 13.7. The van der Waals surface area contributed by atoms with Crippen molar-refractivity contribution in [2.24, 2.45) is 0 Å². The largest absolute Gasteiger partial charge is 0.469 e. The van der Waals surface area contributed by atoms with Gasteiger partial charge in [0, 0.05) is 0 Å². The number of carbonyl (C=O) groups excluding carboxylic acids is 2. The van der Waals surface area contributed by atoms with Crippen LogP contribution in [0.4, 0.5) is 0 Å². The number of ether oxygens (including phenoxy) is 2. The zero-order chi connectivity index (χ0) is 16.5. The first-order chi connectivity index (χ1) is 10.4. The Morgan fingerprint density at radius 3 is 2.23 bits per heavy atom. The molecule has 0 saturated carbocycles. The normalized spacial score (nSPS) is 11.4. The van der Waals surface area contributed by atoms with Crippen LogP contribution in [0.3, 0.4) is 0 Å². The van der Waals surface area contributed by atoms with E-state index in [2.05, 4.69) is 42.8 Å². The fraction of sp³-hybridized carbons (Fsp3) is 0.444. The zero-order valence-electron chi connectivity index (χ0n) is 13.7. The first kappa shape index (κ1) is 18.0. The number of benzene rings is 1. The Kier molecular flexibility index (Phi) is 7.37. The van der Waals surface area contributed by atoms with Gasteiger partial charge in [-0.05, 0) is 36.0 Å². The second kappa shape index (κ2) is 9.03. The van der Waals surface area contributed by atoms with E-state index in [4.69, 9.17) is 4.74 Å². The summed E-state index contributed by atoms with van der Waals surface area (Å²) in [6, 6.07) is 8.42. The molecule has 0 radical (unpaired) electrons. The van der Waals surface area contributed by atoms with E-state index >= 15 is 0 Å². The summed E-state index contributed by atoms with van der Waals surface area (Å²) in [5, 5.41) is 0. The fourth-order valence-corrected chi connectivity index (χ4v) is 1.92. The molecule has 0 aliphatic carbocycles. The summed E-state index contributed by atoms with van der Waals surface area (Å²) >= 11 is 0. The molecule has 0 aliphatic heterocycles. The van der Waals surface area contributed by atoms with Crippen LogP contribution in [0.15, 0.2) is 36.1 Å². The van der Waals surface area contributed by atoms with Gasteiger partial charge in [-0.25, -0.2) is 0 Å². The molecule has 0 bridgehead atoms. The Balaban J connectivity index is 2.45. The minimum atomic E-state index is -0.431. The van der Waals surface area contributed by atoms with Gasteiger partial charge in [0.05, 0.1) is 26.2 Å². The van der Waals surface area contributed by atoms with Crippen LogP contribution in [0.25, 0.3) is 0 Å². The van der Waals surface area contributed by atoms with Gasteiger partial charge in [-0.1, -0.05) is 38.1 Å². The SMILES string of the molecule is COC(=O)CCC(=O)O/C=C(\C)Cc1ccc(C(C)C)cc1. The summed E-state index contributed by atoms with van der Waals surface area (Å²) in [4.78, 5) is 22.4. The molecule has 22 heavy (non-hydrogen) atoms. The molecule has 4 heteroatoms. The number of hydrogen-bond donors (Lipinski definition) is 0.